The van der Waals surface area contributed by atoms with Gasteiger partial charge in [-0.1, -0.05) is 6.92 Å². The largest absolute Gasteiger partial charge is 0.345 e. The highest BCUT2D eigenvalue weighted by Gasteiger charge is 2.17. The zero-order valence-electron chi connectivity index (χ0n) is 8.79. The van der Waals surface area contributed by atoms with Gasteiger partial charge >= 0.3 is 0 Å². The van der Waals surface area contributed by atoms with Gasteiger partial charge in [0.05, 0.1) is 5.69 Å². The van der Waals surface area contributed by atoms with Crippen molar-refractivity contribution in [1.82, 2.24) is 10.3 Å². The fourth-order valence-corrected chi connectivity index (χ4v) is 2.66. The predicted octanol–water partition coefficient (Wildman–Crippen LogP) is 1.50. The lowest BCUT2D eigenvalue weighted by Crippen LogP contribution is -2.49. The summed E-state index contributed by atoms with van der Waals surface area (Å²) < 4.78 is 0. The molecule has 1 saturated heterocycles. The van der Waals surface area contributed by atoms with Gasteiger partial charge in [0.1, 0.15) is 0 Å². The molecule has 78 valence electrons. The third-order valence-electron chi connectivity index (χ3n) is 2.54. The number of piperazine rings is 1. The number of nitrogens with zero attached hydrogens (tertiary/aromatic N) is 2. The first kappa shape index (κ1) is 9.93. The van der Waals surface area contributed by atoms with Crippen molar-refractivity contribution in [3.05, 3.63) is 11.1 Å². The summed E-state index contributed by atoms with van der Waals surface area (Å²) in [7, 11) is 0. The Bertz CT molecular complexity index is 297. The van der Waals surface area contributed by atoms with Crippen molar-refractivity contribution in [2.75, 3.05) is 24.5 Å². The van der Waals surface area contributed by atoms with Crippen LogP contribution < -0.4 is 10.2 Å². The Balaban J connectivity index is 2.06. The van der Waals surface area contributed by atoms with E-state index in [0.717, 1.165) is 26.1 Å². The molecule has 2 heterocycles. The summed E-state index contributed by atoms with van der Waals surface area (Å²) in [5.41, 5.74) is 1.22. The van der Waals surface area contributed by atoms with Gasteiger partial charge in [0.2, 0.25) is 0 Å². The molecular formula is C10H17N3S. The summed E-state index contributed by atoms with van der Waals surface area (Å²) >= 11 is 1.77. The molecule has 0 radical (unpaired) electrons. The van der Waals surface area contributed by atoms with Gasteiger partial charge < -0.3 is 10.2 Å². The van der Waals surface area contributed by atoms with Crippen LogP contribution in [0, 0.1) is 0 Å². The van der Waals surface area contributed by atoms with E-state index in [1.165, 1.54) is 10.8 Å². The number of anilines is 1. The maximum Gasteiger partial charge on any atom is 0.185 e. The van der Waals surface area contributed by atoms with Crippen LogP contribution in [-0.4, -0.2) is 30.7 Å². The van der Waals surface area contributed by atoms with Crippen molar-refractivity contribution in [2.24, 2.45) is 0 Å². The number of rotatable bonds is 2. The number of aromatic nitrogens is 1. The lowest BCUT2D eigenvalue weighted by Gasteiger charge is -2.31. The average molecular weight is 211 g/mol. The molecule has 1 aliphatic rings. The number of hydrogen-bond acceptors (Lipinski definition) is 4. The third-order valence-corrected chi connectivity index (χ3v) is 3.49. The summed E-state index contributed by atoms with van der Waals surface area (Å²) in [5.74, 6) is 0. The second kappa shape index (κ2) is 4.28. The second-order valence-electron chi connectivity index (χ2n) is 3.78. The van der Waals surface area contributed by atoms with Gasteiger partial charge in [0.15, 0.2) is 5.13 Å². The van der Waals surface area contributed by atoms with E-state index >= 15 is 0 Å². The Hall–Kier alpha value is -0.610. The first-order chi connectivity index (χ1) is 6.79. The molecule has 0 saturated carbocycles. The SMILES string of the molecule is CCc1csc(N2CCNC(C)C2)n1. The van der Waals surface area contributed by atoms with Crippen molar-refractivity contribution in [2.45, 2.75) is 26.3 Å². The second-order valence-corrected chi connectivity index (χ2v) is 4.61. The maximum absolute atomic E-state index is 4.60. The normalized spacial score (nSPS) is 22.7. The zero-order valence-corrected chi connectivity index (χ0v) is 9.60. The Kier molecular flexibility index (Phi) is 3.03. The summed E-state index contributed by atoms with van der Waals surface area (Å²) in [6.07, 6.45) is 1.04. The molecule has 0 bridgehead atoms. The number of hydrogen-bond donors (Lipinski definition) is 1. The van der Waals surface area contributed by atoms with E-state index in [1.807, 2.05) is 0 Å². The van der Waals surface area contributed by atoms with Crippen molar-refractivity contribution in [3.63, 3.8) is 0 Å². The Morgan fingerprint density at radius 3 is 3.21 bits per heavy atom. The monoisotopic (exact) mass is 211 g/mol. The summed E-state index contributed by atoms with van der Waals surface area (Å²) in [4.78, 5) is 6.98. The highest BCUT2D eigenvalue weighted by atomic mass is 32.1. The quantitative estimate of drug-likeness (QED) is 0.803. The van der Waals surface area contributed by atoms with E-state index in [0.29, 0.717) is 6.04 Å². The Morgan fingerprint density at radius 1 is 1.71 bits per heavy atom. The molecule has 1 aliphatic heterocycles. The van der Waals surface area contributed by atoms with Crippen molar-refractivity contribution in [3.8, 4) is 0 Å². The minimum absolute atomic E-state index is 0.581. The summed E-state index contributed by atoms with van der Waals surface area (Å²) in [5, 5.41) is 6.80. The van der Waals surface area contributed by atoms with Gasteiger partial charge in [-0.15, -0.1) is 11.3 Å². The van der Waals surface area contributed by atoms with Gasteiger partial charge in [-0.2, -0.15) is 0 Å². The Morgan fingerprint density at radius 2 is 2.57 bits per heavy atom. The fourth-order valence-electron chi connectivity index (χ4n) is 1.71. The molecule has 14 heavy (non-hydrogen) atoms. The summed E-state index contributed by atoms with van der Waals surface area (Å²) in [6, 6.07) is 0.581. The zero-order chi connectivity index (χ0) is 9.97. The number of thiazole rings is 1. The summed E-state index contributed by atoms with van der Waals surface area (Å²) in [6.45, 7) is 7.61. The molecular weight excluding hydrogens is 194 g/mol. The van der Waals surface area contributed by atoms with Gasteiger partial charge in [-0.3, -0.25) is 0 Å². The molecule has 1 N–H and O–H groups in total. The minimum atomic E-state index is 0.581. The van der Waals surface area contributed by atoms with Crippen molar-refractivity contribution < 1.29 is 0 Å². The van der Waals surface area contributed by atoms with Crippen LogP contribution in [0.1, 0.15) is 19.5 Å². The number of aryl methyl sites for hydroxylation is 1. The van der Waals surface area contributed by atoms with Crippen molar-refractivity contribution >= 4 is 16.5 Å². The van der Waals surface area contributed by atoms with E-state index in [-0.39, 0.29) is 0 Å². The number of nitrogens with one attached hydrogen (secondary N) is 1. The van der Waals surface area contributed by atoms with E-state index in [1.54, 1.807) is 11.3 Å². The molecule has 0 aliphatic carbocycles. The molecule has 4 heteroatoms. The minimum Gasteiger partial charge on any atom is -0.345 e. The first-order valence-electron chi connectivity index (χ1n) is 5.22. The van der Waals surface area contributed by atoms with Crippen LogP contribution in [0.2, 0.25) is 0 Å². The van der Waals surface area contributed by atoms with Crippen molar-refractivity contribution in [1.29, 1.82) is 0 Å². The van der Waals surface area contributed by atoms with Gasteiger partial charge in [0, 0.05) is 31.1 Å². The lowest BCUT2D eigenvalue weighted by atomic mass is 10.2. The lowest BCUT2D eigenvalue weighted by molar-refractivity contribution is 0.484. The fraction of sp³-hybridized carbons (Fsp3) is 0.700. The van der Waals surface area contributed by atoms with Crippen LogP contribution in [-0.2, 0) is 6.42 Å². The van der Waals surface area contributed by atoms with Gasteiger partial charge in [0.25, 0.3) is 0 Å². The first-order valence-corrected chi connectivity index (χ1v) is 6.10. The average Bonchev–Trinajstić information content (AvgIpc) is 2.66. The standard InChI is InChI=1S/C10H17N3S/c1-3-9-7-14-10(12-9)13-5-4-11-8(2)6-13/h7-8,11H,3-6H2,1-2H3. The highest BCUT2D eigenvalue weighted by molar-refractivity contribution is 7.13. The van der Waals surface area contributed by atoms with Crippen LogP contribution >= 0.6 is 11.3 Å². The molecule has 0 aromatic carbocycles. The van der Waals surface area contributed by atoms with E-state index in [4.69, 9.17) is 0 Å². The van der Waals surface area contributed by atoms with Crippen LogP contribution in [0.25, 0.3) is 0 Å². The van der Waals surface area contributed by atoms with E-state index in [9.17, 15) is 0 Å². The van der Waals surface area contributed by atoms with Crippen LogP contribution in [0.5, 0.6) is 0 Å². The van der Waals surface area contributed by atoms with Crippen LogP contribution in [0.3, 0.4) is 0 Å². The molecule has 1 aromatic heterocycles. The maximum atomic E-state index is 4.60. The molecule has 2 rings (SSSR count). The van der Waals surface area contributed by atoms with Crippen LogP contribution in [0.15, 0.2) is 5.38 Å². The topological polar surface area (TPSA) is 28.2 Å². The van der Waals surface area contributed by atoms with E-state index < -0.39 is 0 Å². The molecule has 0 spiro atoms. The molecule has 0 amide bonds. The third kappa shape index (κ3) is 2.07. The molecule has 1 fully saturated rings. The highest BCUT2D eigenvalue weighted by Crippen LogP contribution is 2.21. The van der Waals surface area contributed by atoms with E-state index in [2.05, 4.69) is 34.4 Å². The van der Waals surface area contributed by atoms with Gasteiger partial charge in [-0.25, -0.2) is 4.98 Å². The van der Waals surface area contributed by atoms with Gasteiger partial charge in [-0.05, 0) is 13.3 Å². The molecule has 3 nitrogen and oxygen atoms in total. The predicted molar refractivity (Wildman–Crippen MR) is 61.2 cm³/mol. The molecule has 1 unspecified atom stereocenters. The molecule has 1 aromatic rings. The molecule has 1 atom stereocenters. The smallest absolute Gasteiger partial charge is 0.185 e. The Labute approximate surface area is 89.1 Å². The van der Waals surface area contributed by atoms with Crippen LogP contribution in [0.4, 0.5) is 5.13 Å².